The van der Waals surface area contributed by atoms with Gasteiger partial charge in [-0.2, -0.15) is 0 Å². The minimum Gasteiger partial charge on any atom is -0.466 e. The van der Waals surface area contributed by atoms with E-state index in [0.717, 1.165) is 11.5 Å². The maximum Gasteiger partial charge on any atom is 0.224 e. The van der Waals surface area contributed by atoms with E-state index in [1.54, 1.807) is 0 Å². The smallest absolute Gasteiger partial charge is 0.224 e. The Morgan fingerprint density at radius 2 is 2.24 bits per heavy atom. The Labute approximate surface area is 122 Å². The number of pyridine rings is 1. The molecule has 3 rings (SSSR count). The summed E-state index contributed by atoms with van der Waals surface area (Å²) in [4.78, 5) is 26.1. The summed E-state index contributed by atoms with van der Waals surface area (Å²) in [7, 11) is 0. The van der Waals surface area contributed by atoms with Crippen molar-refractivity contribution >= 4 is 11.6 Å². The fourth-order valence-corrected chi connectivity index (χ4v) is 2.41. The highest BCUT2D eigenvalue weighted by molar-refractivity contribution is 5.90. The molecule has 2 aromatic heterocycles. The summed E-state index contributed by atoms with van der Waals surface area (Å²) in [5, 5.41) is 2.61. The summed E-state index contributed by atoms with van der Waals surface area (Å²) >= 11 is 0. The number of amides is 1. The molecule has 2 aromatic rings. The van der Waals surface area contributed by atoms with Crippen LogP contribution in [0.15, 0.2) is 39.8 Å². The molecular weight excluding hydrogens is 268 g/mol. The van der Waals surface area contributed by atoms with Gasteiger partial charge in [0.05, 0.1) is 0 Å². The molecule has 1 saturated carbocycles. The molecule has 2 heterocycles. The number of carbonyl (C=O) groups excluding carboxylic acids is 1. The lowest BCUT2D eigenvalue weighted by Gasteiger charge is -2.03. The zero-order chi connectivity index (χ0) is 14.8. The van der Waals surface area contributed by atoms with Crippen LogP contribution in [0, 0.1) is 5.92 Å². The van der Waals surface area contributed by atoms with E-state index in [9.17, 15) is 9.59 Å². The van der Waals surface area contributed by atoms with Crippen LogP contribution in [0.4, 0.5) is 5.69 Å². The molecule has 0 aromatic carbocycles. The zero-order valence-corrected chi connectivity index (χ0v) is 11.9. The number of hydrogen-bond donors (Lipinski definition) is 2. The van der Waals surface area contributed by atoms with E-state index < -0.39 is 0 Å². The number of rotatable bonds is 5. The van der Waals surface area contributed by atoms with Gasteiger partial charge in [-0.25, -0.2) is 0 Å². The van der Waals surface area contributed by atoms with Crippen LogP contribution in [0.3, 0.4) is 0 Å². The van der Waals surface area contributed by atoms with Crippen LogP contribution >= 0.6 is 0 Å². The molecule has 110 valence electrons. The standard InChI is InChI=1S/C16H18N2O3/c1-10-8-12(10)15-4-2-11(21-15)3-5-16(20)18-13-9-17-7-6-14(13)19/h2,4,6-7,9-10,12H,3,5,8H2,1H3,(H,17,19)(H,18,20). The zero-order valence-electron chi connectivity index (χ0n) is 11.9. The Balaban J connectivity index is 1.53. The summed E-state index contributed by atoms with van der Waals surface area (Å²) in [5.74, 6) is 2.91. The highest BCUT2D eigenvalue weighted by atomic mass is 16.3. The summed E-state index contributed by atoms with van der Waals surface area (Å²) in [5.41, 5.74) is 0.0690. The van der Waals surface area contributed by atoms with Crippen LogP contribution in [-0.2, 0) is 11.2 Å². The third-order valence-electron chi connectivity index (χ3n) is 3.85. The van der Waals surface area contributed by atoms with E-state index in [-0.39, 0.29) is 17.0 Å². The number of aryl methyl sites for hydroxylation is 1. The summed E-state index contributed by atoms with van der Waals surface area (Å²) < 4.78 is 5.75. The average molecular weight is 286 g/mol. The van der Waals surface area contributed by atoms with Gasteiger partial charge in [-0.15, -0.1) is 0 Å². The summed E-state index contributed by atoms with van der Waals surface area (Å²) in [6, 6.07) is 5.32. The second-order valence-electron chi connectivity index (χ2n) is 5.59. The molecule has 0 radical (unpaired) electrons. The number of H-pyrrole nitrogens is 1. The number of anilines is 1. The van der Waals surface area contributed by atoms with E-state index in [0.29, 0.717) is 24.7 Å². The van der Waals surface area contributed by atoms with Crippen LogP contribution in [0.5, 0.6) is 0 Å². The monoisotopic (exact) mass is 286 g/mol. The van der Waals surface area contributed by atoms with Crippen molar-refractivity contribution in [2.24, 2.45) is 5.92 Å². The maximum atomic E-state index is 11.8. The lowest BCUT2D eigenvalue weighted by atomic mass is 10.2. The van der Waals surface area contributed by atoms with Crippen LogP contribution in [0.1, 0.15) is 37.2 Å². The van der Waals surface area contributed by atoms with E-state index in [1.165, 1.54) is 24.9 Å². The minimum atomic E-state index is -0.204. The van der Waals surface area contributed by atoms with Crippen molar-refractivity contribution in [1.82, 2.24) is 4.98 Å². The quantitative estimate of drug-likeness (QED) is 0.887. The Bertz CT molecular complexity index is 701. The highest BCUT2D eigenvalue weighted by Crippen LogP contribution is 2.47. The van der Waals surface area contributed by atoms with Gasteiger partial charge in [-0.1, -0.05) is 6.92 Å². The number of aromatic nitrogens is 1. The lowest BCUT2D eigenvalue weighted by Crippen LogP contribution is -2.18. The van der Waals surface area contributed by atoms with Gasteiger partial charge in [0, 0.05) is 37.2 Å². The van der Waals surface area contributed by atoms with E-state index >= 15 is 0 Å². The molecule has 1 aliphatic carbocycles. The van der Waals surface area contributed by atoms with Gasteiger partial charge in [0.2, 0.25) is 11.3 Å². The number of furan rings is 1. The topological polar surface area (TPSA) is 75.1 Å². The van der Waals surface area contributed by atoms with Crippen molar-refractivity contribution in [2.75, 3.05) is 5.32 Å². The predicted molar refractivity (Wildman–Crippen MR) is 79.2 cm³/mol. The van der Waals surface area contributed by atoms with Crippen LogP contribution < -0.4 is 10.7 Å². The molecular formula is C16H18N2O3. The molecule has 2 N–H and O–H groups in total. The SMILES string of the molecule is CC1CC1c1ccc(CCC(=O)Nc2c[nH]ccc2=O)o1. The van der Waals surface area contributed by atoms with Crippen LogP contribution in [-0.4, -0.2) is 10.9 Å². The average Bonchev–Trinajstić information content (AvgIpc) is 3.01. The van der Waals surface area contributed by atoms with E-state index in [2.05, 4.69) is 17.2 Å². The minimum absolute atomic E-state index is 0.190. The van der Waals surface area contributed by atoms with Crippen molar-refractivity contribution in [1.29, 1.82) is 0 Å². The third-order valence-corrected chi connectivity index (χ3v) is 3.85. The summed E-state index contributed by atoms with van der Waals surface area (Å²) in [6.45, 7) is 2.21. The lowest BCUT2D eigenvalue weighted by molar-refractivity contribution is -0.116. The molecule has 1 amide bonds. The fraction of sp³-hybridized carbons (Fsp3) is 0.375. The largest absolute Gasteiger partial charge is 0.466 e. The molecule has 0 bridgehead atoms. The summed E-state index contributed by atoms with van der Waals surface area (Å²) in [6.07, 6.45) is 5.03. The molecule has 0 spiro atoms. The predicted octanol–water partition coefficient (Wildman–Crippen LogP) is 2.66. The van der Waals surface area contributed by atoms with Gasteiger partial charge in [0.1, 0.15) is 17.2 Å². The Hall–Kier alpha value is -2.30. The molecule has 2 atom stereocenters. The molecule has 0 aliphatic heterocycles. The maximum absolute atomic E-state index is 11.8. The molecule has 0 saturated heterocycles. The Morgan fingerprint density at radius 1 is 1.43 bits per heavy atom. The molecule has 2 unspecified atom stereocenters. The second kappa shape index (κ2) is 5.60. The fourth-order valence-electron chi connectivity index (χ4n) is 2.41. The Kier molecular flexibility index (Phi) is 3.64. The van der Waals surface area contributed by atoms with Crippen molar-refractivity contribution < 1.29 is 9.21 Å². The Morgan fingerprint density at radius 3 is 2.95 bits per heavy atom. The number of hydrogen-bond acceptors (Lipinski definition) is 3. The molecule has 1 fully saturated rings. The third kappa shape index (κ3) is 3.24. The molecule has 5 nitrogen and oxygen atoms in total. The van der Waals surface area contributed by atoms with Gasteiger partial charge in [0.15, 0.2) is 0 Å². The molecule has 21 heavy (non-hydrogen) atoms. The van der Waals surface area contributed by atoms with Crippen molar-refractivity contribution in [3.05, 3.63) is 52.3 Å². The first-order chi connectivity index (χ1) is 10.1. The highest BCUT2D eigenvalue weighted by Gasteiger charge is 2.36. The second-order valence-corrected chi connectivity index (χ2v) is 5.59. The molecule has 5 heteroatoms. The van der Waals surface area contributed by atoms with E-state index in [1.807, 2.05) is 12.1 Å². The van der Waals surface area contributed by atoms with Crippen molar-refractivity contribution in [2.45, 2.75) is 32.1 Å². The van der Waals surface area contributed by atoms with E-state index in [4.69, 9.17) is 4.42 Å². The van der Waals surface area contributed by atoms with Gasteiger partial charge in [0.25, 0.3) is 0 Å². The normalized spacial score (nSPS) is 20.2. The van der Waals surface area contributed by atoms with Gasteiger partial charge in [-0.05, 0) is 24.5 Å². The van der Waals surface area contributed by atoms with Gasteiger partial charge >= 0.3 is 0 Å². The van der Waals surface area contributed by atoms with Crippen LogP contribution in [0.25, 0.3) is 0 Å². The first-order valence-corrected chi connectivity index (χ1v) is 7.19. The molecule has 1 aliphatic rings. The number of carbonyl (C=O) groups is 1. The van der Waals surface area contributed by atoms with Crippen LogP contribution in [0.2, 0.25) is 0 Å². The first-order valence-electron chi connectivity index (χ1n) is 7.19. The van der Waals surface area contributed by atoms with Gasteiger partial charge < -0.3 is 14.7 Å². The van der Waals surface area contributed by atoms with Crippen molar-refractivity contribution in [3.63, 3.8) is 0 Å². The first kappa shape index (κ1) is 13.7. The van der Waals surface area contributed by atoms with Crippen molar-refractivity contribution in [3.8, 4) is 0 Å². The number of nitrogens with one attached hydrogen (secondary N) is 2. The number of aromatic amines is 1. The van der Waals surface area contributed by atoms with Gasteiger partial charge in [-0.3, -0.25) is 9.59 Å².